The van der Waals surface area contributed by atoms with E-state index in [0.717, 1.165) is 16.9 Å². The molecule has 20 heavy (non-hydrogen) atoms. The monoisotopic (exact) mass is 290 g/mol. The Bertz CT molecular complexity index is 631. The Hall–Kier alpha value is -1.94. The molecule has 0 spiro atoms. The van der Waals surface area contributed by atoms with E-state index >= 15 is 0 Å². The third-order valence-electron chi connectivity index (χ3n) is 3.15. The Morgan fingerprint density at radius 1 is 1.30 bits per heavy atom. The Morgan fingerprint density at radius 3 is 3.00 bits per heavy atom. The van der Waals surface area contributed by atoms with Crippen LogP contribution in [0.4, 0.5) is 5.69 Å². The van der Waals surface area contributed by atoms with Gasteiger partial charge in [-0.05, 0) is 36.8 Å². The van der Waals surface area contributed by atoms with E-state index in [1.807, 2.05) is 31.2 Å². The number of benzene rings is 1. The maximum atomic E-state index is 6.22. The maximum Gasteiger partial charge on any atom is 0.179 e. The number of fused-ring (bicyclic) bond motifs is 1. The lowest BCUT2D eigenvalue weighted by Crippen LogP contribution is -2.16. The van der Waals surface area contributed by atoms with Gasteiger partial charge in [0.2, 0.25) is 0 Å². The molecule has 0 radical (unpaired) electrons. The van der Waals surface area contributed by atoms with Gasteiger partial charge in [0, 0.05) is 12.7 Å². The van der Waals surface area contributed by atoms with Crippen LogP contribution >= 0.6 is 11.6 Å². The number of ether oxygens (including phenoxy) is 2. The Kier molecular flexibility index (Phi) is 3.65. The van der Waals surface area contributed by atoms with Gasteiger partial charge in [0.1, 0.15) is 13.2 Å². The van der Waals surface area contributed by atoms with Crippen LogP contribution in [0.5, 0.6) is 11.5 Å². The highest BCUT2D eigenvalue weighted by atomic mass is 35.5. The van der Waals surface area contributed by atoms with E-state index in [4.69, 9.17) is 21.1 Å². The molecule has 0 fully saturated rings. The third-order valence-corrected chi connectivity index (χ3v) is 3.43. The van der Waals surface area contributed by atoms with E-state index in [2.05, 4.69) is 10.3 Å². The van der Waals surface area contributed by atoms with Crippen LogP contribution < -0.4 is 14.8 Å². The van der Waals surface area contributed by atoms with E-state index in [1.54, 1.807) is 6.20 Å². The molecule has 0 bridgehead atoms. The van der Waals surface area contributed by atoms with Gasteiger partial charge in [0.25, 0.3) is 0 Å². The summed E-state index contributed by atoms with van der Waals surface area (Å²) in [5.74, 6) is 1.35. The summed E-state index contributed by atoms with van der Waals surface area (Å²) in [6, 6.07) is 7.76. The van der Waals surface area contributed by atoms with Gasteiger partial charge in [-0.3, -0.25) is 4.98 Å². The summed E-state index contributed by atoms with van der Waals surface area (Å²) >= 11 is 6.22. The van der Waals surface area contributed by atoms with Crippen molar-refractivity contribution in [3.63, 3.8) is 0 Å². The molecule has 104 valence electrons. The van der Waals surface area contributed by atoms with Crippen LogP contribution in [-0.2, 0) is 6.54 Å². The minimum absolute atomic E-state index is 0.541. The van der Waals surface area contributed by atoms with Crippen LogP contribution in [0.15, 0.2) is 30.5 Å². The van der Waals surface area contributed by atoms with E-state index < -0.39 is 0 Å². The van der Waals surface area contributed by atoms with Crippen molar-refractivity contribution in [2.45, 2.75) is 13.5 Å². The minimum atomic E-state index is 0.541. The molecule has 3 rings (SSSR count). The first-order valence-electron chi connectivity index (χ1n) is 6.47. The molecule has 0 saturated heterocycles. The molecule has 1 aromatic carbocycles. The number of rotatable bonds is 3. The second-order valence-corrected chi connectivity index (χ2v) is 5.00. The largest absolute Gasteiger partial charge is 0.486 e. The van der Waals surface area contributed by atoms with Crippen LogP contribution in [0, 0.1) is 6.92 Å². The Labute approximate surface area is 122 Å². The van der Waals surface area contributed by atoms with Crippen molar-refractivity contribution in [1.29, 1.82) is 0 Å². The predicted molar refractivity (Wildman–Crippen MR) is 78.7 cm³/mol. The standard InChI is InChI=1S/C15H15ClN2O2/c1-10-13(3-2-4-17-10)18-9-11-7-12(16)15-14(8-11)19-5-6-20-15/h2-4,7-8,18H,5-6,9H2,1H3. The van der Waals surface area contributed by atoms with Gasteiger partial charge >= 0.3 is 0 Å². The second kappa shape index (κ2) is 5.59. The summed E-state index contributed by atoms with van der Waals surface area (Å²) in [6.07, 6.45) is 1.78. The molecule has 1 aliphatic heterocycles. The third kappa shape index (κ3) is 2.65. The molecular weight excluding hydrogens is 276 g/mol. The Balaban J connectivity index is 1.78. The molecule has 0 aliphatic carbocycles. The number of hydrogen-bond donors (Lipinski definition) is 1. The number of nitrogens with zero attached hydrogens (tertiary/aromatic N) is 1. The second-order valence-electron chi connectivity index (χ2n) is 4.59. The number of halogens is 1. The normalized spacial score (nSPS) is 13.1. The van der Waals surface area contributed by atoms with Crippen molar-refractivity contribution in [3.8, 4) is 11.5 Å². The topological polar surface area (TPSA) is 43.4 Å². The van der Waals surface area contributed by atoms with Gasteiger partial charge < -0.3 is 14.8 Å². The fourth-order valence-electron chi connectivity index (χ4n) is 2.13. The number of nitrogens with one attached hydrogen (secondary N) is 1. The maximum absolute atomic E-state index is 6.22. The fraction of sp³-hybridized carbons (Fsp3) is 0.267. The van der Waals surface area contributed by atoms with Gasteiger partial charge in [-0.15, -0.1) is 0 Å². The highest BCUT2D eigenvalue weighted by Crippen LogP contribution is 2.38. The lowest BCUT2D eigenvalue weighted by molar-refractivity contribution is 0.171. The van der Waals surface area contributed by atoms with Crippen LogP contribution in [-0.4, -0.2) is 18.2 Å². The predicted octanol–water partition coefficient (Wildman–Crippen LogP) is 3.43. The molecule has 1 aromatic heterocycles. The van der Waals surface area contributed by atoms with Crippen LogP contribution in [0.2, 0.25) is 5.02 Å². The number of aromatic nitrogens is 1. The number of anilines is 1. The average Bonchev–Trinajstić information content (AvgIpc) is 2.46. The van der Waals surface area contributed by atoms with Gasteiger partial charge in [-0.2, -0.15) is 0 Å². The van der Waals surface area contributed by atoms with Gasteiger partial charge in [0.15, 0.2) is 11.5 Å². The first-order valence-corrected chi connectivity index (χ1v) is 6.85. The summed E-state index contributed by atoms with van der Waals surface area (Å²) in [5, 5.41) is 3.93. The lowest BCUT2D eigenvalue weighted by atomic mass is 10.2. The zero-order valence-electron chi connectivity index (χ0n) is 11.1. The molecule has 0 unspecified atom stereocenters. The van der Waals surface area contributed by atoms with E-state index in [1.165, 1.54) is 0 Å². The molecule has 1 N–H and O–H groups in total. The van der Waals surface area contributed by atoms with Crippen molar-refractivity contribution in [1.82, 2.24) is 4.98 Å². The first-order chi connectivity index (χ1) is 9.74. The van der Waals surface area contributed by atoms with Crippen molar-refractivity contribution >= 4 is 17.3 Å². The zero-order chi connectivity index (χ0) is 13.9. The van der Waals surface area contributed by atoms with Crippen molar-refractivity contribution < 1.29 is 9.47 Å². The number of hydrogen-bond acceptors (Lipinski definition) is 4. The molecule has 0 atom stereocenters. The molecule has 2 aromatic rings. The van der Waals surface area contributed by atoms with Crippen LogP contribution in [0.1, 0.15) is 11.3 Å². The SMILES string of the molecule is Cc1ncccc1NCc1cc(Cl)c2c(c1)OCCO2. The van der Waals surface area contributed by atoms with Crippen LogP contribution in [0.3, 0.4) is 0 Å². The number of aryl methyl sites for hydroxylation is 1. The molecule has 0 amide bonds. The van der Waals surface area contributed by atoms with Crippen molar-refractivity contribution in [2.24, 2.45) is 0 Å². The Morgan fingerprint density at radius 2 is 2.15 bits per heavy atom. The van der Waals surface area contributed by atoms with E-state index in [9.17, 15) is 0 Å². The quantitative estimate of drug-likeness (QED) is 0.940. The van der Waals surface area contributed by atoms with Crippen molar-refractivity contribution in [2.75, 3.05) is 18.5 Å². The summed E-state index contributed by atoms with van der Waals surface area (Å²) in [5.41, 5.74) is 3.03. The minimum Gasteiger partial charge on any atom is -0.486 e. The molecule has 5 heteroatoms. The van der Waals surface area contributed by atoms with Gasteiger partial charge in [0.05, 0.1) is 16.4 Å². The smallest absolute Gasteiger partial charge is 0.179 e. The van der Waals surface area contributed by atoms with E-state index in [0.29, 0.717) is 36.3 Å². The summed E-state index contributed by atoms with van der Waals surface area (Å²) in [6.45, 7) is 3.73. The summed E-state index contributed by atoms with van der Waals surface area (Å²) < 4.78 is 11.1. The highest BCUT2D eigenvalue weighted by molar-refractivity contribution is 6.32. The van der Waals surface area contributed by atoms with E-state index in [-0.39, 0.29) is 0 Å². The summed E-state index contributed by atoms with van der Waals surface area (Å²) in [4.78, 5) is 4.25. The molecule has 4 nitrogen and oxygen atoms in total. The number of pyridine rings is 1. The summed E-state index contributed by atoms with van der Waals surface area (Å²) in [7, 11) is 0. The molecule has 1 aliphatic rings. The molecular formula is C15H15ClN2O2. The van der Waals surface area contributed by atoms with Gasteiger partial charge in [-0.25, -0.2) is 0 Å². The van der Waals surface area contributed by atoms with Crippen LogP contribution in [0.25, 0.3) is 0 Å². The molecule has 0 saturated carbocycles. The fourth-order valence-corrected chi connectivity index (χ4v) is 2.42. The lowest BCUT2D eigenvalue weighted by Gasteiger charge is -2.20. The van der Waals surface area contributed by atoms with Crippen molar-refractivity contribution in [3.05, 3.63) is 46.7 Å². The zero-order valence-corrected chi connectivity index (χ0v) is 11.9. The highest BCUT2D eigenvalue weighted by Gasteiger charge is 2.16. The first kappa shape index (κ1) is 13.1. The molecule has 2 heterocycles. The van der Waals surface area contributed by atoms with Gasteiger partial charge in [-0.1, -0.05) is 11.6 Å². The average molecular weight is 291 g/mol.